The van der Waals surface area contributed by atoms with E-state index in [2.05, 4.69) is 4.72 Å². The van der Waals surface area contributed by atoms with Crippen LogP contribution in [-0.4, -0.2) is 25.3 Å². The number of allylic oxidation sites excluding steroid dienone is 2. The number of benzene rings is 3. The number of aliphatic hydroxyl groups is 1. The molecule has 2 atom stereocenters. The monoisotopic (exact) mass is 523 g/mol. The molecule has 4 rings (SSSR count). The van der Waals surface area contributed by atoms with Crippen molar-refractivity contribution in [3.63, 3.8) is 0 Å². The van der Waals surface area contributed by atoms with Crippen LogP contribution in [0.4, 0.5) is 0 Å². The molecular weight excluding hydrogens is 494 g/mol. The molecule has 0 fully saturated rings. The molecule has 0 saturated heterocycles. The van der Waals surface area contributed by atoms with Crippen LogP contribution in [0.25, 0.3) is 5.57 Å². The van der Waals surface area contributed by atoms with E-state index in [-0.39, 0.29) is 34.8 Å². The van der Waals surface area contributed by atoms with E-state index < -0.39 is 10.0 Å². The van der Waals surface area contributed by atoms with E-state index in [1.165, 1.54) is 12.1 Å². The number of carbonyl (C=O) groups excluding carboxylic acids is 1. The van der Waals surface area contributed by atoms with Gasteiger partial charge in [0.05, 0.1) is 10.5 Å². The van der Waals surface area contributed by atoms with E-state index >= 15 is 0 Å². The maximum Gasteiger partial charge on any atom is 0.240 e. The van der Waals surface area contributed by atoms with Crippen LogP contribution < -0.4 is 4.72 Å². The molecule has 3 aromatic carbocycles. The molecule has 0 aromatic heterocycles. The molecule has 188 valence electrons. The molecule has 36 heavy (non-hydrogen) atoms. The average molecular weight is 524 g/mol. The SMILES string of the molecule is CCCC(Cc1cccc(CC2CC(=O)C(c3ccccc3)=C2O)c1)NS(=O)(=O)c1ccc(Cl)cc1. The van der Waals surface area contributed by atoms with Crippen molar-refractivity contribution in [3.8, 4) is 0 Å². The number of halogens is 1. The van der Waals surface area contributed by atoms with Crippen molar-refractivity contribution in [1.29, 1.82) is 0 Å². The van der Waals surface area contributed by atoms with Crippen molar-refractivity contribution < 1.29 is 18.3 Å². The lowest BCUT2D eigenvalue weighted by molar-refractivity contribution is -0.113. The molecule has 0 saturated carbocycles. The van der Waals surface area contributed by atoms with Gasteiger partial charge in [-0.1, -0.05) is 79.5 Å². The third-order valence-electron chi connectivity index (χ3n) is 6.45. The third kappa shape index (κ3) is 6.25. The van der Waals surface area contributed by atoms with Gasteiger partial charge in [0.2, 0.25) is 10.0 Å². The van der Waals surface area contributed by atoms with Gasteiger partial charge in [0.25, 0.3) is 0 Å². The molecule has 2 unspecified atom stereocenters. The first-order valence-electron chi connectivity index (χ1n) is 12.1. The Morgan fingerprint density at radius 2 is 1.69 bits per heavy atom. The van der Waals surface area contributed by atoms with Gasteiger partial charge in [0.1, 0.15) is 5.76 Å². The lowest BCUT2D eigenvalue weighted by Gasteiger charge is -2.19. The predicted molar refractivity (Wildman–Crippen MR) is 143 cm³/mol. The van der Waals surface area contributed by atoms with Crippen molar-refractivity contribution in [1.82, 2.24) is 4.72 Å². The smallest absolute Gasteiger partial charge is 0.240 e. The van der Waals surface area contributed by atoms with E-state index in [1.54, 1.807) is 12.1 Å². The summed E-state index contributed by atoms with van der Waals surface area (Å²) in [6.45, 7) is 2.02. The van der Waals surface area contributed by atoms with Crippen LogP contribution in [0.1, 0.15) is 42.9 Å². The summed E-state index contributed by atoms with van der Waals surface area (Å²) < 4.78 is 28.7. The summed E-state index contributed by atoms with van der Waals surface area (Å²) >= 11 is 5.90. The maximum absolute atomic E-state index is 12.9. The van der Waals surface area contributed by atoms with Crippen molar-refractivity contribution in [2.75, 3.05) is 0 Å². The molecule has 5 nitrogen and oxygen atoms in total. The van der Waals surface area contributed by atoms with Crippen molar-refractivity contribution in [3.05, 3.63) is 106 Å². The fourth-order valence-electron chi connectivity index (χ4n) is 4.76. The first-order valence-corrected chi connectivity index (χ1v) is 14.0. The van der Waals surface area contributed by atoms with E-state index in [0.717, 1.165) is 23.1 Å². The summed E-state index contributed by atoms with van der Waals surface area (Å²) in [4.78, 5) is 12.8. The third-order valence-corrected chi connectivity index (χ3v) is 8.24. The zero-order chi connectivity index (χ0) is 25.7. The van der Waals surface area contributed by atoms with Gasteiger partial charge in [-0.3, -0.25) is 4.79 Å². The number of hydrogen-bond acceptors (Lipinski definition) is 4. The Morgan fingerprint density at radius 3 is 2.39 bits per heavy atom. The molecule has 0 bridgehead atoms. The molecule has 0 heterocycles. The standard InChI is InChI=1S/C29H30ClNO4S/c1-2-7-25(31-36(34,35)26-14-12-24(30)13-15-26)18-21-9-6-8-20(16-21)17-23-19-27(32)28(29(23)33)22-10-4-3-5-11-22/h3-6,8-16,23,25,31,33H,2,7,17-19H2,1H3. The molecule has 7 heteroatoms. The van der Waals surface area contributed by atoms with E-state index in [9.17, 15) is 18.3 Å². The number of Topliss-reactive ketones (excluding diaryl/α,β-unsaturated/α-hetero) is 1. The predicted octanol–water partition coefficient (Wildman–Crippen LogP) is 6.13. The normalized spacial score (nSPS) is 16.9. The van der Waals surface area contributed by atoms with Crippen LogP contribution in [0.3, 0.4) is 0 Å². The number of ketones is 1. The Labute approximate surface area is 217 Å². The van der Waals surface area contributed by atoms with Crippen LogP contribution >= 0.6 is 11.6 Å². The second kappa shape index (κ2) is 11.4. The van der Waals surface area contributed by atoms with Gasteiger partial charge in [-0.2, -0.15) is 0 Å². The Bertz CT molecular complexity index is 1350. The highest BCUT2D eigenvalue weighted by molar-refractivity contribution is 7.89. The van der Waals surface area contributed by atoms with E-state index in [4.69, 9.17) is 11.6 Å². The van der Waals surface area contributed by atoms with Gasteiger partial charge >= 0.3 is 0 Å². The molecule has 2 N–H and O–H groups in total. The van der Waals surface area contributed by atoms with E-state index in [1.807, 2.05) is 61.5 Å². The highest BCUT2D eigenvalue weighted by atomic mass is 35.5. The number of aliphatic hydroxyl groups excluding tert-OH is 1. The molecular formula is C29H30ClNO4S. The Kier molecular flexibility index (Phi) is 8.29. The molecule has 0 radical (unpaired) electrons. The van der Waals surface area contributed by atoms with E-state index in [0.29, 0.717) is 29.9 Å². The van der Waals surface area contributed by atoms with Crippen LogP contribution in [0, 0.1) is 5.92 Å². The molecule has 0 spiro atoms. The summed E-state index contributed by atoms with van der Waals surface area (Å²) in [5.74, 6) is -0.159. The summed E-state index contributed by atoms with van der Waals surface area (Å²) in [5.41, 5.74) is 3.16. The Morgan fingerprint density at radius 1 is 1.00 bits per heavy atom. The number of rotatable bonds is 10. The first-order chi connectivity index (χ1) is 17.3. The Hall–Kier alpha value is -2.93. The maximum atomic E-state index is 12.9. The van der Waals surface area contributed by atoms with Gasteiger partial charge in [0.15, 0.2) is 5.78 Å². The minimum absolute atomic E-state index is 0.0422. The Balaban J connectivity index is 1.48. The minimum Gasteiger partial charge on any atom is -0.511 e. The lowest BCUT2D eigenvalue weighted by atomic mass is 9.94. The molecule has 1 aliphatic rings. The number of sulfonamides is 1. The molecule has 0 aliphatic heterocycles. The second-order valence-corrected chi connectivity index (χ2v) is 11.4. The van der Waals surface area contributed by atoms with Gasteiger partial charge in [0, 0.05) is 23.4 Å². The summed E-state index contributed by atoms with van der Waals surface area (Å²) in [6, 6.07) is 23.1. The zero-order valence-corrected chi connectivity index (χ0v) is 21.7. The van der Waals surface area contributed by atoms with Crippen LogP contribution in [-0.2, 0) is 27.7 Å². The van der Waals surface area contributed by atoms with Gasteiger partial charge in [-0.25, -0.2) is 13.1 Å². The fraction of sp³-hybridized carbons (Fsp3) is 0.276. The highest BCUT2D eigenvalue weighted by Gasteiger charge is 2.33. The molecule has 3 aromatic rings. The fourth-order valence-corrected chi connectivity index (χ4v) is 6.15. The van der Waals surface area contributed by atoms with Gasteiger partial charge in [-0.15, -0.1) is 0 Å². The van der Waals surface area contributed by atoms with Crippen LogP contribution in [0.15, 0.2) is 89.5 Å². The largest absolute Gasteiger partial charge is 0.511 e. The number of nitrogens with one attached hydrogen (secondary N) is 1. The highest BCUT2D eigenvalue weighted by Crippen LogP contribution is 2.36. The number of carbonyl (C=O) groups is 1. The van der Waals surface area contributed by atoms with Gasteiger partial charge < -0.3 is 5.11 Å². The number of hydrogen-bond donors (Lipinski definition) is 2. The average Bonchev–Trinajstić information content (AvgIpc) is 3.12. The molecule has 0 amide bonds. The minimum atomic E-state index is -3.68. The summed E-state index contributed by atoms with van der Waals surface area (Å²) in [6.07, 6.45) is 2.88. The summed E-state index contributed by atoms with van der Waals surface area (Å²) in [5, 5.41) is 11.3. The topological polar surface area (TPSA) is 83.5 Å². The van der Waals surface area contributed by atoms with Crippen molar-refractivity contribution in [2.24, 2.45) is 5.92 Å². The zero-order valence-electron chi connectivity index (χ0n) is 20.2. The lowest BCUT2D eigenvalue weighted by Crippen LogP contribution is -2.36. The molecule has 1 aliphatic carbocycles. The second-order valence-electron chi connectivity index (χ2n) is 9.24. The van der Waals surface area contributed by atoms with Crippen molar-refractivity contribution >= 4 is 33.0 Å². The first kappa shape index (κ1) is 26.1. The quantitative estimate of drug-likeness (QED) is 0.335. The van der Waals surface area contributed by atoms with Crippen LogP contribution in [0.5, 0.6) is 0 Å². The summed E-state index contributed by atoms with van der Waals surface area (Å²) in [7, 11) is -3.68. The van der Waals surface area contributed by atoms with Gasteiger partial charge in [-0.05, 0) is 60.2 Å². The van der Waals surface area contributed by atoms with Crippen molar-refractivity contribution in [2.45, 2.75) is 50.0 Å². The van der Waals surface area contributed by atoms with Crippen LogP contribution in [0.2, 0.25) is 5.02 Å².